The van der Waals surface area contributed by atoms with E-state index in [0.29, 0.717) is 6.04 Å². The number of rotatable bonds is 4. The van der Waals surface area contributed by atoms with E-state index in [1.165, 1.54) is 41.0 Å². The van der Waals surface area contributed by atoms with Crippen molar-refractivity contribution in [1.82, 2.24) is 5.32 Å². The molecule has 0 aromatic carbocycles. The van der Waals surface area contributed by atoms with E-state index in [1.807, 2.05) is 11.3 Å². The maximum atomic E-state index is 3.69. The van der Waals surface area contributed by atoms with E-state index in [4.69, 9.17) is 0 Å². The third-order valence-electron chi connectivity index (χ3n) is 3.92. The molecule has 2 heteroatoms. The van der Waals surface area contributed by atoms with Crippen molar-refractivity contribution >= 4 is 11.3 Å². The smallest absolute Gasteiger partial charge is 0.0302 e. The van der Waals surface area contributed by atoms with E-state index in [-0.39, 0.29) is 0 Å². The Balaban J connectivity index is 1.82. The summed E-state index contributed by atoms with van der Waals surface area (Å²) in [7, 11) is 0. The summed E-state index contributed by atoms with van der Waals surface area (Å²) in [6.07, 6.45) is 5.73. The lowest BCUT2D eigenvalue weighted by atomic mass is 10.00. The normalized spacial score (nSPS) is 19.2. The average molecular weight is 237 g/mol. The van der Waals surface area contributed by atoms with Gasteiger partial charge in [-0.15, -0.1) is 11.3 Å². The minimum Gasteiger partial charge on any atom is -0.309 e. The molecule has 0 bridgehead atoms. The van der Waals surface area contributed by atoms with Gasteiger partial charge in [0.25, 0.3) is 0 Å². The van der Waals surface area contributed by atoms with Gasteiger partial charge < -0.3 is 5.32 Å². The molecular formula is C14H23NS. The van der Waals surface area contributed by atoms with Crippen LogP contribution in [0.5, 0.6) is 0 Å². The molecule has 0 amide bonds. The summed E-state index contributed by atoms with van der Waals surface area (Å²) in [6.45, 7) is 7.82. The molecule has 90 valence electrons. The molecule has 0 aliphatic heterocycles. The van der Waals surface area contributed by atoms with Gasteiger partial charge in [0.05, 0.1) is 0 Å². The van der Waals surface area contributed by atoms with Crippen LogP contribution in [0, 0.1) is 19.8 Å². The van der Waals surface area contributed by atoms with Crippen molar-refractivity contribution in [2.45, 2.75) is 59.0 Å². The van der Waals surface area contributed by atoms with E-state index in [2.05, 4.69) is 32.2 Å². The Kier molecular flexibility index (Phi) is 4.04. The highest BCUT2D eigenvalue weighted by Gasteiger charge is 2.20. The molecule has 0 spiro atoms. The first-order valence-corrected chi connectivity index (χ1v) is 7.28. The maximum absolute atomic E-state index is 3.69. The van der Waals surface area contributed by atoms with Crippen molar-refractivity contribution in [1.29, 1.82) is 0 Å². The predicted molar refractivity (Wildman–Crippen MR) is 72.1 cm³/mol. The fourth-order valence-corrected chi connectivity index (χ4v) is 3.63. The molecule has 1 atom stereocenters. The van der Waals surface area contributed by atoms with E-state index in [9.17, 15) is 0 Å². The molecule has 1 saturated carbocycles. The molecule has 1 aliphatic carbocycles. The second-order valence-corrected chi connectivity index (χ2v) is 6.51. The fourth-order valence-electron chi connectivity index (χ4n) is 2.62. The summed E-state index contributed by atoms with van der Waals surface area (Å²) in [5.74, 6) is 0.919. The van der Waals surface area contributed by atoms with E-state index < -0.39 is 0 Å². The largest absolute Gasteiger partial charge is 0.309 e. The molecule has 1 fully saturated rings. The van der Waals surface area contributed by atoms with Crippen molar-refractivity contribution in [3.63, 3.8) is 0 Å². The first kappa shape index (κ1) is 12.1. The lowest BCUT2D eigenvalue weighted by Gasteiger charge is -2.19. The third kappa shape index (κ3) is 2.86. The van der Waals surface area contributed by atoms with Gasteiger partial charge in [0, 0.05) is 22.3 Å². The number of hydrogen-bond donors (Lipinski definition) is 1. The SMILES string of the molecule is Cc1cc(CNC(C)C2CCCC2)sc1C. The van der Waals surface area contributed by atoms with Crippen LogP contribution in [-0.4, -0.2) is 6.04 Å². The van der Waals surface area contributed by atoms with Gasteiger partial charge in [-0.05, 0) is 51.2 Å². The zero-order chi connectivity index (χ0) is 11.5. The molecule has 1 N–H and O–H groups in total. The van der Waals surface area contributed by atoms with Gasteiger partial charge in [-0.1, -0.05) is 12.8 Å². The van der Waals surface area contributed by atoms with Crippen LogP contribution in [0.15, 0.2) is 6.07 Å². The topological polar surface area (TPSA) is 12.0 Å². The summed E-state index contributed by atoms with van der Waals surface area (Å²) in [5, 5.41) is 3.69. The summed E-state index contributed by atoms with van der Waals surface area (Å²) in [4.78, 5) is 2.95. The highest BCUT2D eigenvalue weighted by Crippen LogP contribution is 2.28. The lowest BCUT2D eigenvalue weighted by molar-refractivity contribution is 0.381. The first-order valence-electron chi connectivity index (χ1n) is 6.46. The van der Waals surface area contributed by atoms with Crippen LogP contribution in [-0.2, 0) is 6.54 Å². The summed E-state index contributed by atoms with van der Waals surface area (Å²) in [6, 6.07) is 3.01. The summed E-state index contributed by atoms with van der Waals surface area (Å²) < 4.78 is 0. The van der Waals surface area contributed by atoms with Crippen LogP contribution in [0.4, 0.5) is 0 Å². The molecule has 2 rings (SSSR count). The lowest BCUT2D eigenvalue weighted by Crippen LogP contribution is -2.31. The monoisotopic (exact) mass is 237 g/mol. The zero-order valence-electron chi connectivity index (χ0n) is 10.7. The zero-order valence-corrected chi connectivity index (χ0v) is 11.5. The minimum atomic E-state index is 0.685. The average Bonchev–Trinajstić information content (AvgIpc) is 2.86. The number of aryl methyl sites for hydroxylation is 2. The Labute approximate surface area is 103 Å². The molecule has 1 heterocycles. The van der Waals surface area contributed by atoms with Gasteiger partial charge in [0.2, 0.25) is 0 Å². The van der Waals surface area contributed by atoms with E-state index in [0.717, 1.165) is 12.5 Å². The van der Waals surface area contributed by atoms with Gasteiger partial charge in [0.1, 0.15) is 0 Å². The van der Waals surface area contributed by atoms with Gasteiger partial charge in [-0.2, -0.15) is 0 Å². The first-order chi connectivity index (χ1) is 7.66. The Morgan fingerprint density at radius 1 is 1.38 bits per heavy atom. The molecule has 1 nitrogen and oxygen atoms in total. The molecule has 16 heavy (non-hydrogen) atoms. The molecule has 0 radical (unpaired) electrons. The van der Waals surface area contributed by atoms with Crippen molar-refractivity contribution in [3.05, 3.63) is 21.4 Å². The van der Waals surface area contributed by atoms with Gasteiger partial charge in [-0.25, -0.2) is 0 Å². The molecule has 1 unspecified atom stereocenters. The Morgan fingerprint density at radius 2 is 2.06 bits per heavy atom. The van der Waals surface area contributed by atoms with Crippen LogP contribution in [0.25, 0.3) is 0 Å². The standard InChI is InChI=1S/C14H23NS/c1-10-8-14(16-12(10)3)9-15-11(2)13-6-4-5-7-13/h8,11,13,15H,4-7,9H2,1-3H3. The van der Waals surface area contributed by atoms with Gasteiger partial charge in [0.15, 0.2) is 0 Å². The van der Waals surface area contributed by atoms with E-state index >= 15 is 0 Å². The summed E-state index contributed by atoms with van der Waals surface area (Å²) >= 11 is 1.94. The van der Waals surface area contributed by atoms with Crippen molar-refractivity contribution < 1.29 is 0 Å². The molecule has 1 aliphatic rings. The third-order valence-corrected chi connectivity index (χ3v) is 5.07. The van der Waals surface area contributed by atoms with Crippen LogP contribution < -0.4 is 5.32 Å². The highest BCUT2D eigenvalue weighted by atomic mass is 32.1. The van der Waals surface area contributed by atoms with Crippen LogP contribution in [0.2, 0.25) is 0 Å². The summed E-state index contributed by atoms with van der Waals surface area (Å²) in [5.41, 5.74) is 1.44. The molecule has 1 aromatic heterocycles. The fraction of sp³-hybridized carbons (Fsp3) is 0.714. The van der Waals surface area contributed by atoms with Crippen molar-refractivity contribution in [2.75, 3.05) is 0 Å². The quantitative estimate of drug-likeness (QED) is 0.833. The second kappa shape index (κ2) is 5.33. The van der Waals surface area contributed by atoms with Crippen LogP contribution >= 0.6 is 11.3 Å². The van der Waals surface area contributed by atoms with Crippen molar-refractivity contribution in [2.24, 2.45) is 5.92 Å². The predicted octanol–water partition coefficient (Wildman–Crippen LogP) is 4.03. The van der Waals surface area contributed by atoms with Crippen LogP contribution in [0.3, 0.4) is 0 Å². The Morgan fingerprint density at radius 3 is 2.62 bits per heavy atom. The van der Waals surface area contributed by atoms with Crippen LogP contribution in [0.1, 0.15) is 47.9 Å². The highest BCUT2D eigenvalue weighted by molar-refractivity contribution is 7.12. The van der Waals surface area contributed by atoms with Gasteiger partial charge in [-0.3, -0.25) is 0 Å². The minimum absolute atomic E-state index is 0.685. The molecule has 0 saturated heterocycles. The van der Waals surface area contributed by atoms with Crippen molar-refractivity contribution in [3.8, 4) is 0 Å². The molecular weight excluding hydrogens is 214 g/mol. The Bertz CT molecular complexity index is 317. The van der Waals surface area contributed by atoms with E-state index in [1.54, 1.807) is 0 Å². The van der Waals surface area contributed by atoms with Gasteiger partial charge >= 0.3 is 0 Å². The maximum Gasteiger partial charge on any atom is 0.0302 e. The Hall–Kier alpha value is -0.340. The second-order valence-electron chi connectivity index (χ2n) is 5.17. The number of nitrogens with one attached hydrogen (secondary N) is 1. The molecule has 1 aromatic rings. The number of hydrogen-bond acceptors (Lipinski definition) is 2. The number of thiophene rings is 1.